The monoisotopic (exact) mass is 315 g/mol. The van der Waals surface area contributed by atoms with Gasteiger partial charge in [-0.25, -0.2) is 0 Å². The Labute approximate surface area is 137 Å². The van der Waals surface area contributed by atoms with E-state index in [0.717, 1.165) is 25.1 Å². The summed E-state index contributed by atoms with van der Waals surface area (Å²) >= 11 is 0. The van der Waals surface area contributed by atoms with Crippen molar-refractivity contribution < 1.29 is 14.6 Å². The lowest BCUT2D eigenvalue weighted by Gasteiger charge is -2.31. The highest BCUT2D eigenvalue weighted by Crippen LogP contribution is 2.29. The molecule has 0 amide bonds. The number of phenols is 1. The molecule has 1 fully saturated rings. The van der Waals surface area contributed by atoms with E-state index < -0.39 is 6.10 Å². The summed E-state index contributed by atoms with van der Waals surface area (Å²) in [5.74, 6) is 0.985. The number of hydrogen-bond acceptors (Lipinski definition) is 4. The van der Waals surface area contributed by atoms with E-state index in [0.29, 0.717) is 24.0 Å². The van der Waals surface area contributed by atoms with Crippen LogP contribution in [0.4, 0.5) is 0 Å². The van der Waals surface area contributed by atoms with E-state index in [1.165, 1.54) is 19.3 Å². The van der Waals surface area contributed by atoms with E-state index in [9.17, 15) is 10.2 Å². The van der Waals surface area contributed by atoms with Gasteiger partial charge in [-0.15, -0.1) is 0 Å². The minimum atomic E-state index is -0.569. The van der Waals surface area contributed by atoms with Crippen LogP contribution in [0.5, 0.6) is 5.75 Å². The van der Waals surface area contributed by atoms with Crippen molar-refractivity contribution in [2.75, 3.05) is 6.54 Å². The van der Waals surface area contributed by atoms with Crippen LogP contribution in [0.3, 0.4) is 0 Å². The number of phenolic OH excluding ortho intramolecular Hbond substituents is 1. The van der Waals surface area contributed by atoms with Crippen LogP contribution in [0.1, 0.15) is 49.5 Å². The number of furan rings is 1. The Morgan fingerprint density at radius 3 is 2.78 bits per heavy atom. The zero-order valence-corrected chi connectivity index (χ0v) is 13.4. The van der Waals surface area contributed by atoms with Crippen LogP contribution in [0.2, 0.25) is 0 Å². The van der Waals surface area contributed by atoms with Crippen molar-refractivity contribution in [2.24, 2.45) is 0 Å². The number of hydrogen-bond donors (Lipinski definition) is 2. The minimum absolute atomic E-state index is 0.303. The number of likely N-dealkylation sites (tertiary alicyclic amines) is 1. The van der Waals surface area contributed by atoms with Gasteiger partial charge in [0.1, 0.15) is 17.6 Å². The van der Waals surface area contributed by atoms with Crippen LogP contribution < -0.4 is 0 Å². The predicted octanol–water partition coefficient (Wildman–Crippen LogP) is 3.85. The van der Waals surface area contributed by atoms with Gasteiger partial charge in [-0.1, -0.05) is 31.0 Å². The molecule has 1 aliphatic rings. The van der Waals surface area contributed by atoms with Crippen molar-refractivity contribution >= 4 is 0 Å². The topological polar surface area (TPSA) is 56.8 Å². The van der Waals surface area contributed by atoms with Gasteiger partial charge in [0.15, 0.2) is 0 Å². The first-order valence-corrected chi connectivity index (χ1v) is 8.46. The van der Waals surface area contributed by atoms with Crippen molar-refractivity contribution in [1.82, 2.24) is 4.90 Å². The number of nitrogens with zero attached hydrogens (tertiary/aromatic N) is 1. The normalized spacial score (nSPS) is 21.0. The summed E-state index contributed by atoms with van der Waals surface area (Å²) in [5.41, 5.74) is 0.951. The summed E-state index contributed by atoms with van der Waals surface area (Å²) in [6, 6.07) is 11.5. The summed E-state index contributed by atoms with van der Waals surface area (Å²) in [6.07, 6.45) is 6.36. The molecular weight excluding hydrogens is 290 g/mol. The highest BCUT2D eigenvalue weighted by molar-refractivity contribution is 5.31. The molecular formula is C19H25NO3. The van der Waals surface area contributed by atoms with Gasteiger partial charge in [0.2, 0.25) is 0 Å². The molecule has 4 nitrogen and oxygen atoms in total. The SMILES string of the molecule is Oc1ccccc1CN1CCCCCC1CC(O)c1ccco1. The molecule has 1 aromatic carbocycles. The maximum absolute atomic E-state index is 10.4. The third-order valence-electron chi connectivity index (χ3n) is 4.73. The van der Waals surface area contributed by atoms with Gasteiger partial charge in [0.25, 0.3) is 0 Å². The molecule has 2 atom stereocenters. The smallest absolute Gasteiger partial charge is 0.132 e. The highest BCUT2D eigenvalue weighted by atomic mass is 16.4. The van der Waals surface area contributed by atoms with Gasteiger partial charge in [0.05, 0.1) is 6.26 Å². The van der Waals surface area contributed by atoms with Gasteiger partial charge in [0, 0.05) is 18.2 Å². The average molecular weight is 315 g/mol. The second kappa shape index (κ2) is 7.66. The van der Waals surface area contributed by atoms with E-state index in [1.807, 2.05) is 30.3 Å². The second-order valence-electron chi connectivity index (χ2n) is 6.37. The Balaban J connectivity index is 1.71. The third kappa shape index (κ3) is 4.15. The zero-order chi connectivity index (χ0) is 16.1. The lowest BCUT2D eigenvalue weighted by molar-refractivity contribution is 0.0827. The number of benzene rings is 1. The molecule has 124 valence electrons. The Morgan fingerprint density at radius 2 is 2.00 bits per heavy atom. The summed E-state index contributed by atoms with van der Waals surface area (Å²) < 4.78 is 5.33. The number of aliphatic hydroxyl groups excluding tert-OH is 1. The Bertz CT molecular complexity index is 596. The summed E-state index contributed by atoms with van der Waals surface area (Å²) in [6.45, 7) is 1.73. The predicted molar refractivity (Wildman–Crippen MR) is 89.1 cm³/mol. The van der Waals surface area contributed by atoms with Crippen LogP contribution >= 0.6 is 0 Å². The van der Waals surface area contributed by atoms with Gasteiger partial charge in [-0.2, -0.15) is 0 Å². The summed E-state index contributed by atoms with van der Waals surface area (Å²) in [5, 5.41) is 20.5. The number of para-hydroxylation sites is 1. The Morgan fingerprint density at radius 1 is 1.13 bits per heavy atom. The van der Waals surface area contributed by atoms with Crippen molar-refractivity contribution in [3.63, 3.8) is 0 Å². The molecule has 2 N–H and O–H groups in total. The summed E-state index contributed by atoms with van der Waals surface area (Å²) in [7, 11) is 0. The molecule has 0 spiro atoms. The first-order chi connectivity index (χ1) is 11.2. The fraction of sp³-hybridized carbons (Fsp3) is 0.474. The van der Waals surface area contributed by atoms with E-state index in [-0.39, 0.29) is 0 Å². The molecule has 1 aromatic heterocycles. The van der Waals surface area contributed by atoms with Gasteiger partial charge >= 0.3 is 0 Å². The van der Waals surface area contributed by atoms with Crippen molar-refractivity contribution in [2.45, 2.75) is 50.8 Å². The molecule has 1 saturated heterocycles. The maximum Gasteiger partial charge on any atom is 0.132 e. The van der Waals surface area contributed by atoms with Crippen LogP contribution in [0, 0.1) is 0 Å². The minimum Gasteiger partial charge on any atom is -0.508 e. The van der Waals surface area contributed by atoms with E-state index in [2.05, 4.69) is 4.90 Å². The average Bonchev–Trinajstić information content (AvgIpc) is 3.01. The zero-order valence-electron chi connectivity index (χ0n) is 13.4. The Hall–Kier alpha value is -1.78. The first kappa shape index (κ1) is 16.1. The van der Waals surface area contributed by atoms with E-state index in [1.54, 1.807) is 12.3 Å². The van der Waals surface area contributed by atoms with Gasteiger partial charge in [-0.3, -0.25) is 4.90 Å². The Kier molecular flexibility index (Phi) is 5.36. The lowest BCUT2D eigenvalue weighted by atomic mass is 10.0. The highest BCUT2D eigenvalue weighted by Gasteiger charge is 2.25. The largest absolute Gasteiger partial charge is 0.508 e. The first-order valence-electron chi connectivity index (χ1n) is 8.46. The fourth-order valence-corrected chi connectivity index (χ4v) is 3.43. The quantitative estimate of drug-likeness (QED) is 0.880. The molecule has 2 heterocycles. The van der Waals surface area contributed by atoms with Crippen LogP contribution in [0.15, 0.2) is 47.1 Å². The van der Waals surface area contributed by atoms with Gasteiger partial charge in [-0.05, 0) is 44.0 Å². The maximum atomic E-state index is 10.4. The third-order valence-corrected chi connectivity index (χ3v) is 4.73. The number of rotatable bonds is 5. The molecule has 4 heteroatoms. The molecule has 23 heavy (non-hydrogen) atoms. The number of aromatic hydroxyl groups is 1. The molecule has 3 rings (SSSR count). The molecule has 0 radical (unpaired) electrons. The van der Waals surface area contributed by atoms with E-state index in [4.69, 9.17) is 4.42 Å². The second-order valence-corrected chi connectivity index (χ2v) is 6.37. The number of aliphatic hydroxyl groups is 1. The lowest BCUT2D eigenvalue weighted by Crippen LogP contribution is -2.35. The van der Waals surface area contributed by atoms with Gasteiger partial charge < -0.3 is 14.6 Å². The molecule has 2 unspecified atom stereocenters. The van der Waals surface area contributed by atoms with E-state index >= 15 is 0 Å². The standard InChI is InChI=1S/C19H25NO3/c21-17-9-4-3-7-15(17)14-20-11-5-1-2-8-16(20)13-18(22)19-10-6-12-23-19/h3-4,6-7,9-10,12,16,18,21-22H,1-2,5,8,11,13-14H2. The molecule has 0 bridgehead atoms. The van der Waals surface area contributed by atoms with Crippen molar-refractivity contribution in [1.29, 1.82) is 0 Å². The van der Waals surface area contributed by atoms with Crippen LogP contribution in [-0.2, 0) is 6.54 Å². The summed E-state index contributed by atoms with van der Waals surface area (Å²) in [4.78, 5) is 2.40. The molecule has 1 aliphatic heterocycles. The molecule has 2 aromatic rings. The van der Waals surface area contributed by atoms with Crippen molar-refractivity contribution in [3.05, 3.63) is 54.0 Å². The molecule has 0 saturated carbocycles. The fourth-order valence-electron chi connectivity index (χ4n) is 3.43. The van der Waals surface area contributed by atoms with Crippen molar-refractivity contribution in [3.8, 4) is 5.75 Å². The molecule has 0 aliphatic carbocycles. The van der Waals surface area contributed by atoms with Crippen LogP contribution in [-0.4, -0.2) is 27.7 Å². The van der Waals surface area contributed by atoms with Crippen LogP contribution in [0.25, 0.3) is 0 Å².